The molecule has 7 heteroatoms. The van der Waals surface area contributed by atoms with Gasteiger partial charge < -0.3 is 0 Å². The van der Waals surface area contributed by atoms with Crippen LogP contribution in [0.3, 0.4) is 0 Å². The third-order valence-corrected chi connectivity index (χ3v) is 7.48. The summed E-state index contributed by atoms with van der Waals surface area (Å²) in [4.78, 5) is 1.50. The van der Waals surface area contributed by atoms with E-state index in [1.807, 2.05) is 6.07 Å². The Labute approximate surface area is 135 Å². The van der Waals surface area contributed by atoms with Crippen LogP contribution in [0, 0.1) is 0 Å². The molecule has 2 heterocycles. The lowest BCUT2D eigenvalue weighted by molar-refractivity contribution is 0.394. The van der Waals surface area contributed by atoms with Gasteiger partial charge in [-0.25, -0.2) is 8.42 Å². The Morgan fingerprint density at radius 3 is 2.80 bits per heavy atom. The van der Waals surface area contributed by atoms with Gasteiger partial charge in [0.25, 0.3) is 0 Å². The van der Waals surface area contributed by atoms with Crippen molar-refractivity contribution in [1.29, 1.82) is 0 Å². The molecule has 0 fully saturated rings. The van der Waals surface area contributed by atoms with E-state index in [-0.39, 0.29) is 0 Å². The summed E-state index contributed by atoms with van der Waals surface area (Å²) in [6.07, 6.45) is 0.719. The number of benzene rings is 1. The van der Waals surface area contributed by atoms with Crippen LogP contribution < -0.4 is 0 Å². The fraction of sp³-hybridized carbons (Fsp3) is 0.231. The molecule has 106 valence electrons. The summed E-state index contributed by atoms with van der Waals surface area (Å²) in [6.45, 7) is 0.885. The summed E-state index contributed by atoms with van der Waals surface area (Å²) in [5.74, 6) is 0. The molecular formula is C13H11BrClNO2S2. The lowest BCUT2D eigenvalue weighted by Gasteiger charge is -2.26. The number of thiophene rings is 1. The molecule has 0 saturated heterocycles. The zero-order valence-corrected chi connectivity index (χ0v) is 14.3. The number of nitrogens with zero attached hydrogens (tertiary/aromatic N) is 1. The smallest absolute Gasteiger partial charge is 0.207 e. The van der Waals surface area contributed by atoms with Gasteiger partial charge in [0.1, 0.15) is 0 Å². The van der Waals surface area contributed by atoms with Crippen molar-refractivity contribution in [1.82, 2.24) is 4.31 Å². The Morgan fingerprint density at radius 2 is 2.05 bits per heavy atom. The van der Waals surface area contributed by atoms with Crippen LogP contribution in [-0.2, 0) is 23.0 Å². The maximum absolute atomic E-state index is 12.7. The van der Waals surface area contributed by atoms with Gasteiger partial charge in [0.15, 0.2) is 0 Å². The molecule has 0 atom stereocenters. The second kappa shape index (κ2) is 5.42. The van der Waals surface area contributed by atoms with Crippen molar-refractivity contribution in [3.63, 3.8) is 0 Å². The molecule has 0 saturated carbocycles. The van der Waals surface area contributed by atoms with E-state index in [0.717, 1.165) is 16.3 Å². The first-order valence-corrected chi connectivity index (χ1v) is 9.43. The number of rotatable bonds is 2. The second-order valence-corrected chi connectivity index (χ2v) is 9.05. The highest BCUT2D eigenvalue weighted by Gasteiger charge is 2.30. The van der Waals surface area contributed by atoms with Crippen molar-refractivity contribution in [3.05, 3.63) is 49.6 Å². The number of hydrogen-bond acceptors (Lipinski definition) is 3. The number of hydrogen-bond donors (Lipinski definition) is 0. The predicted octanol–water partition coefficient (Wildman–Crippen LogP) is 3.91. The molecule has 0 aliphatic carbocycles. The normalized spacial score (nSPS) is 16.1. The van der Waals surface area contributed by atoms with E-state index in [2.05, 4.69) is 15.9 Å². The first-order chi connectivity index (χ1) is 9.48. The van der Waals surface area contributed by atoms with Crippen LogP contribution >= 0.6 is 38.9 Å². The molecule has 0 radical (unpaired) electrons. The van der Waals surface area contributed by atoms with E-state index in [0.29, 0.717) is 22.5 Å². The summed E-state index contributed by atoms with van der Waals surface area (Å²) in [7, 11) is -3.48. The second-order valence-electron chi connectivity index (χ2n) is 4.52. The molecule has 0 N–H and O–H groups in total. The third-order valence-electron chi connectivity index (χ3n) is 3.26. The van der Waals surface area contributed by atoms with Gasteiger partial charge in [0.2, 0.25) is 10.0 Å². The average molecular weight is 393 g/mol. The monoisotopic (exact) mass is 391 g/mol. The minimum absolute atomic E-state index is 0.310. The van der Waals surface area contributed by atoms with E-state index in [9.17, 15) is 8.42 Å². The molecule has 0 unspecified atom stereocenters. The van der Waals surface area contributed by atoms with Crippen molar-refractivity contribution < 1.29 is 8.42 Å². The average Bonchev–Trinajstić information content (AvgIpc) is 2.78. The quantitative estimate of drug-likeness (QED) is 0.777. The van der Waals surface area contributed by atoms with E-state index < -0.39 is 10.0 Å². The van der Waals surface area contributed by atoms with Crippen molar-refractivity contribution in [3.8, 4) is 0 Å². The SMILES string of the molecule is O=S(=O)(c1ccccc1Br)N1CCc2sc(Cl)cc2C1. The molecule has 0 spiro atoms. The zero-order chi connectivity index (χ0) is 14.3. The Morgan fingerprint density at radius 1 is 1.30 bits per heavy atom. The van der Waals surface area contributed by atoms with Gasteiger partial charge in [-0.3, -0.25) is 0 Å². The van der Waals surface area contributed by atoms with Gasteiger partial charge in [-0.2, -0.15) is 4.31 Å². The van der Waals surface area contributed by atoms with Crippen LogP contribution in [0.2, 0.25) is 4.34 Å². The Kier molecular flexibility index (Phi) is 3.94. The standard InChI is InChI=1S/C13H11BrClNO2S2/c14-10-3-1-2-4-12(10)20(17,18)16-6-5-11-9(8-16)7-13(15)19-11/h1-4,7H,5-6,8H2. The van der Waals surface area contributed by atoms with E-state index in [1.54, 1.807) is 24.3 Å². The van der Waals surface area contributed by atoms with Crippen LogP contribution in [-0.4, -0.2) is 19.3 Å². The van der Waals surface area contributed by atoms with E-state index in [1.165, 1.54) is 20.5 Å². The van der Waals surface area contributed by atoms with Crippen LogP contribution in [0.4, 0.5) is 0 Å². The molecule has 0 amide bonds. The molecule has 0 bridgehead atoms. The highest BCUT2D eigenvalue weighted by atomic mass is 79.9. The zero-order valence-electron chi connectivity index (χ0n) is 10.3. The van der Waals surface area contributed by atoms with Gasteiger partial charge in [-0.1, -0.05) is 23.7 Å². The molecule has 1 aromatic heterocycles. The minimum Gasteiger partial charge on any atom is -0.207 e. The molecule has 1 aliphatic heterocycles. The van der Waals surface area contributed by atoms with Crippen molar-refractivity contribution in [2.75, 3.05) is 6.54 Å². The lowest BCUT2D eigenvalue weighted by atomic mass is 10.1. The number of halogens is 2. The van der Waals surface area contributed by atoms with Crippen LogP contribution in [0.25, 0.3) is 0 Å². The summed E-state index contributed by atoms with van der Waals surface area (Å²) < 4.78 is 28.2. The minimum atomic E-state index is -3.48. The number of fused-ring (bicyclic) bond motifs is 1. The van der Waals surface area contributed by atoms with Gasteiger partial charge in [0, 0.05) is 22.4 Å². The molecule has 1 aromatic carbocycles. The van der Waals surface area contributed by atoms with Gasteiger partial charge in [-0.05, 0) is 46.1 Å². The first kappa shape index (κ1) is 14.5. The Balaban J connectivity index is 1.96. The van der Waals surface area contributed by atoms with Crippen LogP contribution in [0.1, 0.15) is 10.4 Å². The highest BCUT2D eigenvalue weighted by molar-refractivity contribution is 9.10. The van der Waals surface area contributed by atoms with Gasteiger partial charge in [0.05, 0.1) is 9.23 Å². The van der Waals surface area contributed by atoms with Gasteiger partial charge >= 0.3 is 0 Å². The van der Waals surface area contributed by atoms with Crippen molar-refractivity contribution in [2.24, 2.45) is 0 Å². The first-order valence-electron chi connectivity index (χ1n) is 6.00. The van der Waals surface area contributed by atoms with Gasteiger partial charge in [-0.15, -0.1) is 11.3 Å². The molecular weight excluding hydrogens is 382 g/mol. The molecule has 3 rings (SSSR count). The Hall–Kier alpha value is -0.400. The maximum Gasteiger partial charge on any atom is 0.244 e. The fourth-order valence-electron chi connectivity index (χ4n) is 2.27. The van der Waals surface area contributed by atoms with Crippen LogP contribution in [0.15, 0.2) is 39.7 Å². The molecule has 2 aromatic rings. The number of sulfonamides is 1. The fourth-order valence-corrected chi connectivity index (χ4v) is 5.95. The summed E-state index contributed by atoms with van der Waals surface area (Å²) in [6, 6.07) is 8.76. The van der Waals surface area contributed by atoms with E-state index >= 15 is 0 Å². The highest BCUT2D eigenvalue weighted by Crippen LogP contribution is 2.34. The maximum atomic E-state index is 12.7. The lowest BCUT2D eigenvalue weighted by Crippen LogP contribution is -2.35. The molecule has 1 aliphatic rings. The Bertz CT molecular complexity index is 757. The summed E-state index contributed by atoms with van der Waals surface area (Å²) in [5.41, 5.74) is 1.02. The predicted molar refractivity (Wildman–Crippen MR) is 84.8 cm³/mol. The largest absolute Gasteiger partial charge is 0.244 e. The van der Waals surface area contributed by atoms with Crippen molar-refractivity contribution in [2.45, 2.75) is 17.9 Å². The topological polar surface area (TPSA) is 37.4 Å². The third kappa shape index (κ3) is 2.55. The molecule has 20 heavy (non-hydrogen) atoms. The van der Waals surface area contributed by atoms with Crippen molar-refractivity contribution >= 4 is 48.9 Å². The summed E-state index contributed by atoms with van der Waals surface area (Å²) in [5, 5.41) is 0. The summed E-state index contributed by atoms with van der Waals surface area (Å²) >= 11 is 10.8. The molecule has 3 nitrogen and oxygen atoms in total. The van der Waals surface area contributed by atoms with Crippen LogP contribution in [0.5, 0.6) is 0 Å². The van der Waals surface area contributed by atoms with E-state index in [4.69, 9.17) is 11.6 Å².